The van der Waals surface area contributed by atoms with Crippen LogP contribution in [0, 0.1) is 0 Å². The van der Waals surface area contributed by atoms with Crippen LogP contribution >= 0.6 is 0 Å². The molecular weight excluding hydrogens is 228 g/mol. The van der Waals surface area contributed by atoms with Gasteiger partial charge >= 0.3 is 0 Å². The van der Waals surface area contributed by atoms with Crippen molar-refractivity contribution in [1.82, 2.24) is 14.9 Å². The number of nitrogens with zero attached hydrogens (tertiary/aromatic N) is 3. The number of anilines is 1. The van der Waals surface area contributed by atoms with Crippen molar-refractivity contribution in [3.63, 3.8) is 0 Å². The lowest BCUT2D eigenvalue weighted by molar-refractivity contribution is 0.0670. The maximum Gasteiger partial charge on any atom is 0.274 e. The summed E-state index contributed by atoms with van der Waals surface area (Å²) in [7, 11) is 1.77. The van der Waals surface area contributed by atoms with Gasteiger partial charge in [0.15, 0.2) is 0 Å². The van der Waals surface area contributed by atoms with E-state index in [2.05, 4.69) is 29.1 Å². The first kappa shape index (κ1) is 12.8. The number of hydrogen-bond acceptors (Lipinski definition) is 4. The molecular formula is C13H20N4O. The third kappa shape index (κ3) is 2.30. The van der Waals surface area contributed by atoms with Gasteiger partial charge in [0.25, 0.3) is 5.91 Å². The lowest BCUT2D eigenvalue weighted by Crippen LogP contribution is -2.40. The Morgan fingerprint density at radius 3 is 2.94 bits per heavy atom. The van der Waals surface area contributed by atoms with Gasteiger partial charge in [-0.1, -0.05) is 6.92 Å². The van der Waals surface area contributed by atoms with Crippen molar-refractivity contribution in [3.8, 4) is 0 Å². The highest BCUT2D eigenvalue weighted by Gasteiger charge is 2.34. The zero-order chi connectivity index (χ0) is 13.1. The van der Waals surface area contributed by atoms with Crippen molar-refractivity contribution in [2.24, 2.45) is 0 Å². The second kappa shape index (κ2) is 5.33. The first-order valence-electron chi connectivity index (χ1n) is 6.49. The Bertz CT molecular complexity index is 435. The van der Waals surface area contributed by atoms with Crippen LogP contribution in [0.3, 0.4) is 0 Å². The van der Waals surface area contributed by atoms with E-state index in [9.17, 15) is 4.79 Å². The molecule has 18 heavy (non-hydrogen) atoms. The molecule has 1 aliphatic heterocycles. The predicted molar refractivity (Wildman–Crippen MR) is 70.5 cm³/mol. The first-order valence-corrected chi connectivity index (χ1v) is 6.49. The van der Waals surface area contributed by atoms with E-state index in [1.807, 2.05) is 4.90 Å². The van der Waals surface area contributed by atoms with Crippen molar-refractivity contribution in [3.05, 3.63) is 18.1 Å². The van der Waals surface area contributed by atoms with Crippen LogP contribution in [0.4, 0.5) is 5.82 Å². The summed E-state index contributed by atoms with van der Waals surface area (Å²) in [6.07, 6.45) is 6.31. The fourth-order valence-corrected chi connectivity index (χ4v) is 2.56. The Morgan fingerprint density at radius 2 is 2.28 bits per heavy atom. The molecule has 0 radical (unpaired) electrons. The average Bonchev–Trinajstić information content (AvgIpc) is 2.79. The zero-order valence-corrected chi connectivity index (χ0v) is 11.2. The molecule has 1 amide bonds. The smallest absolute Gasteiger partial charge is 0.274 e. The predicted octanol–water partition coefficient (Wildman–Crippen LogP) is 1.92. The molecule has 1 saturated heterocycles. The molecule has 0 saturated carbocycles. The summed E-state index contributed by atoms with van der Waals surface area (Å²) in [5.41, 5.74) is 0.425. The highest BCUT2D eigenvalue weighted by molar-refractivity contribution is 5.93. The maximum absolute atomic E-state index is 12.5. The fourth-order valence-electron chi connectivity index (χ4n) is 2.56. The summed E-state index contributed by atoms with van der Waals surface area (Å²) >= 11 is 0. The van der Waals surface area contributed by atoms with E-state index in [1.165, 1.54) is 0 Å². The Kier molecular flexibility index (Phi) is 3.79. The van der Waals surface area contributed by atoms with Crippen LogP contribution in [-0.2, 0) is 0 Å². The summed E-state index contributed by atoms with van der Waals surface area (Å²) in [5.74, 6) is 0.622. The molecule has 1 aromatic rings. The molecule has 5 nitrogen and oxygen atoms in total. The summed E-state index contributed by atoms with van der Waals surface area (Å²) < 4.78 is 0. The van der Waals surface area contributed by atoms with E-state index in [1.54, 1.807) is 19.4 Å². The number of carbonyl (C=O) groups is 1. The second-order valence-electron chi connectivity index (χ2n) is 4.74. The van der Waals surface area contributed by atoms with E-state index < -0.39 is 0 Å². The van der Waals surface area contributed by atoms with Crippen LogP contribution in [0.15, 0.2) is 12.4 Å². The molecule has 2 rings (SSSR count). The number of carbonyl (C=O) groups excluding carboxylic acids is 1. The van der Waals surface area contributed by atoms with Gasteiger partial charge in [-0.15, -0.1) is 0 Å². The Balaban J connectivity index is 2.24. The standard InChI is InChI=1S/C13H20N4O/c1-4-10-6-5-9(2)17(10)13(18)11-7-15-8-12(14-3)16-11/h7-10H,4-6H2,1-3H3,(H,14,16). The number of hydrogen-bond donors (Lipinski definition) is 1. The minimum absolute atomic E-state index is 0.00329. The summed E-state index contributed by atoms with van der Waals surface area (Å²) in [6.45, 7) is 4.22. The van der Waals surface area contributed by atoms with Gasteiger partial charge < -0.3 is 10.2 Å². The molecule has 0 aromatic carbocycles. The van der Waals surface area contributed by atoms with E-state index in [-0.39, 0.29) is 5.91 Å². The van der Waals surface area contributed by atoms with Gasteiger partial charge in [-0.3, -0.25) is 9.78 Å². The number of nitrogens with one attached hydrogen (secondary N) is 1. The van der Waals surface area contributed by atoms with E-state index in [0.717, 1.165) is 19.3 Å². The summed E-state index contributed by atoms with van der Waals surface area (Å²) in [4.78, 5) is 22.8. The molecule has 0 spiro atoms. The summed E-state index contributed by atoms with van der Waals surface area (Å²) in [5, 5.41) is 2.90. The fraction of sp³-hybridized carbons (Fsp3) is 0.615. The highest BCUT2D eigenvalue weighted by atomic mass is 16.2. The van der Waals surface area contributed by atoms with Crippen LogP contribution in [0.2, 0.25) is 0 Å². The molecule has 2 atom stereocenters. The second-order valence-corrected chi connectivity index (χ2v) is 4.74. The zero-order valence-electron chi connectivity index (χ0n) is 11.2. The molecule has 2 heterocycles. The maximum atomic E-state index is 12.5. The van der Waals surface area contributed by atoms with Crippen LogP contribution in [0.5, 0.6) is 0 Å². The molecule has 98 valence electrons. The normalized spacial score (nSPS) is 23.2. The molecule has 5 heteroatoms. The monoisotopic (exact) mass is 248 g/mol. The van der Waals surface area contributed by atoms with Crippen molar-refractivity contribution in [2.75, 3.05) is 12.4 Å². The quantitative estimate of drug-likeness (QED) is 0.888. The number of aromatic nitrogens is 2. The van der Waals surface area contributed by atoms with E-state index >= 15 is 0 Å². The third-order valence-corrected chi connectivity index (χ3v) is 3.60. The van der Waals surface area contributed by atoms with Gasteiger partial charge in [-0.2, -0.15) is 0 Å². The van der Waals surface area contributed by atoms with Gasteiger partial charge in [0.05, 0.1) is 12.4 Å². The average molecular weight is 248 g/mol. The van der Waals surface area contributed by atoms with Crippen molar-refractivity contribution in [1.29, 1.82) is 0 Å². The number of likely N-dealkylation sites (tertiary alicyclic amines) is 1. The lowest BCUT2D eigenvalue weighted by Gasteiger charge is -2.27. The SMILES string of the molecule is CCC1CCC(C)N1C(=O)c1cncc(NC)n1. The van der Waals surface area contributed by atoms with Crippen molar-refractivity contribution in [2.45, 2.75) is 45.2 Å². The Morgan fingerprint density at radius 1 is 1.50 bits per heavy atom. The minimum Gasteiger partial charge on any atom is -0.372 e. The molecule has 1 aliphatic rings. The first-order chi connectivity index (χ1) is 8.67. The largest absolute Gasteiger partial charge is 0.372 e. The third-order valence-electron chi connectivity index (χ3n) is 3.60. The highest BCUT2D eigenvalue weighted by Crippen LogP contribution is 2.27. The molecule has 1 fully saturated rings. The Labute approximate surface area is 108 Å². The van der Waals surface area contributed by atoms with Gasteiger partial charge in [-0.25, -0.2) is 4.98 Å². The number of rotatable bonds is 3. The molecule has 2 unspecified atom stereocenters. The number of amides is 1. The van der Waals surface area contributed by atoms with Crippen LogP contribution in [0.1, 0.15) is 43.6 Å². The van der Waals surface area contributed by atoms with Crippen molar-refractivity contribution < 1.29 is 4.79 Å². The molecule has 0 bridgehead atoms. The van der Waals surface area contributed by atoms with Gasteiger partial charge in [-0.05, 0) is 26.2 Å². The van der Waals surface area contributed by atoms with Crippen LogP contribution in [0.25, 0.3) is 0 Å². The van der Waals surface area contributed by atoms with Crippen LogP contribution in [-0.4, -0.2) is 39.9 Å². The van der Waals surface area contributed by atoms with Crippen molar-refractivity contribution >= 4 is 11.7 Å². The molecule has 1 N–H and O–H groups in total. The topological polar surface area (TPSA) is 58.1 Å². The Hall–Kier alpha value is -1.65. The minimum atomic E-state index is -0.00329. The molecule has 1 aromatic heterocycles. The van der Waals surface area contributed by atoms with Gasteiger partial charge in [0, 0.05) is 19.1 Å². The van der Waals surface area contributed by atoms with E-state index in [0.29, 0.717) is 23.6 Å². The van der Waals surface area contributed by atoms with Gasteiger partial charge in [0.1, 0.15) is 11.5 Å². The van der Waals surface area contributed by atoms with Gasteiger partial charge in [0.2, 0.25) is 0 Å². The van der Waals surface area contributed by atoms with E-state index in [4.69, 9.17) is 0 Å². The summed E-state index contributed by atoms with van der Waals surface area (Å²) in [6, 6.07) is 0.634. The molecule has 0 aliphatic carbocycles. The van der Waals surface area contributed by atoms with Crippen LogP contribution < -0.4 is 5.32 Å². The lowest BCUT2D eigenvalue weighted by atomic mass is 10.1.